The third-order valence-corrected chi connectivity index (χ3v) is 5.21. The molecule has 1 aromatic carbocycles. The molecule has 6 nitrogen and oxygen atoms in total. The van der Waals surface area contributed by atoms with E-state index >= 15 is 0 Å². The molecule has 0 aliphatic carbocycles. The van der Waals surface area contributed by atoms with E-state index in [1.807, 2.05) is 18.2 Å². The van der Waals surface area contributed by atoms with Crippen LogP contribution in [-0.2, 0) is 6.54 Å². The summed E-state index contributed by atoms with van der Waals surface area (Å²) in [7, 11) is 3.30. The molecule has 2 N–H and O–H groups in total. The number of nitrogens with zero attached hydrogens (tertiary/aromatic N) is 2. The Kier molecular flexibility index (Phi) is 12.3. The lowest BCUT2D eigenvalue weighted by Gasteiger charge is -2.31. The Morgan fingerprint density at radius 3 is 2.43 bits per heavy atom. The zero-order chi connectivity index (χ0) is 19.5. The monoisotopic (exact) mass is 504 g/mol. The number of hydrogen-bond donors (Lipinski definition) is 2. The van der Waals surface area contributed by atoms with Crippen molar-refractivity contribution in [3.8, 4) is 11.5 Å². The van der Waals surface area contributed by atoms with Gasteiger partial charge in [0.1, 0.15) is 0 Å². The molecule has 0 radical (unpaired) electrons. The highest BCUT2D eigenvalue weighted by Gasteiger charge is 2.17. The average Bonchev–Trinajstić information content (AvgIpc) is 2.72. The summed E-state index contributed by atoms with van der Waals surface area (Å²) < 4.78 is 10.7. The van der Waals surface area contributed by atoms with Crippen molar-refractivity contribution in [1.82, 2.24) is 15.5 Å². The third-order valence-electron chi connectivity index (χ3n) is 5.21. The van der Waals surface area contributed by atoms with Crippen LogP contribution in [0, 0.1) is 5.92 Å². The molecule has 0 amide bonds. The lowest BCUT2D eigenvalue weighted by Crippen LogP contribution is -2.39. The van der Waals surface area contributed by atoms with E-state index < -0.39 is 0 Å². The minimum atomic E-state index is 0. The van der Waals surface area contributed by atoms with Crippen molar-refractivity contribution in [3.05, 3.63) is 23.8 Å². The first-order valence-corrected chi connectivity index (χ1v) is 10.2. The first kappa shape index (κ1) is 24.8. The molecule has 0 aromatic heterocycles. The molecule has 0 unspecified atom stereocenters. The minimum absolute atomic E-state index is 0. The highest BCUT2D eigenvalue weighted by Crippen LogP contribution is 2.27. The van der Waals surface area contributed by atoms with Gasteiger partial charge in [0.05, 0.1) is 20.8 Å². The molecule has 2 rings (SSSR count). The molecule has 1 aliphatic rings. The fourth-order valence-corrected chi connectivity index (χ4v) is 3.48. The number of benzene rings is 1. The number of halogens is 1. The van der Waals surface area contributed by atoms with Crippen molar-refractivity contribution in [1.29, 1.82) is 0 Å². The van der Waals surface area contributed by atoms with E-state index in [0.717, 1.165) is 42.0 Å². The van der Waals surface area contributed by atoms with Crippen molar-refractivity contribution >= 4 is 29.9 Å². The van der Waals surface area contributed by atoms with Crippen LogP contribution < -0.4 is 20.1 Å². The second-order valence-electron chi connectivity index (χ2n) is 6.98. The molecule has 1 aliphatic heterocycles. The number of piperidine rings is 1. The molecule has 0 bridgehead atoms. The summed E-state index contributed by atoms with van der Waals surface area (Å²) in [5.74, 6) is 3.18. The zero-order valence-corrected chi connectivity index (χ0v) is 20.1. The van der Waals surface area contributed by atoms with Gasteiger partial charge in [-0.1, -0.05) is 13.0 Å². The van der Waals surface area contributed by atoms with Gasteiger partial charge in [-0.2, -0.15) is 0 Å². The summed E-state index contributed by atoms with van der Waals surface area (Å²) in [4.78, 5) is 7.25. The van der Waals surface area contributed by atoms with Crippen LogP contribution in [0.5, 0.6) is 11.5 Å². The Hall–Kier alpha value is -1.22. The first-order chi connectivity index (χ1) is 13.2. The predicted octanol–water partition coefficient (Wildman–Crippen LogP) is 3.50. The van der Waals surface area contributed by atoms with Crippen molar-refractivity contribution in [3.63, 3.8) is 0 Å². The Morgan fingerprint density at radius 1 is 1.11 bits per heavy atom. The van der Waals surface area contributed by atoms with Gasteiger partial charge >= 0.3 is 0 Å². The lowest BCUT2D eigenvalue weighted by molar-refractivity contribution is 0.187. The SMILES string of the molecule is CCNC(=NCc1ccc(OC)c(OC)c1)NCCC1CCN(CC)CC1.I. The molecule has 1 aromatic rings. The highest BCUT2D eigenvalue weighted by molar-refractivity contribution is 14.0. The Morgan fingerprint density at radius 2 is 1.82 bits per heavy atom. The van der Waals surface area contributed by atoms with Crippen LogP contribution in [0.25, 0.3) is 0 Å². The molecule has 0 atom stereocenters. The van der Waals surface area contributed by atoms with E-state index in [9.17, 15) is 0 Å². The summed E-state index contributed by atoms with van der Waals surface area (Å²) in [6.07, 6.45) is 3.84. The summed E-state index contributed by atoms with van der Waals surface area (Å²) in [6.45, 7) is 10.4. The zero-order valence-electron chi connectivity index (χ0n) is 17.8. The van der Waals surface area contributed by atoms with Gasteiger partial charge < -0.3 is 25.0 Å². The van der Waals surface area contributed by atoms with Crippen molar-refractivity contribution in [2.24, 2.45) is 10.9 Å². The predicted molar refractivity (Wildman–Crippen MR) is 127 cm³/mol. The highest BCUT2D eigenvalue weighted by atomic mass is 127. The Labute approximate surface area is 187 Å². The molecule has 1 saturated heterocycles. The van der Waals surface area contributed by atoms with E-state index in [1.165, 1.54) is 38.9 Å². The number of ether oxygens (including phenoxy) is 2. The molecule has 1 heterocycles. The lowest BCUT2D eigenvalue weighted by atomic mass is 9.93. The molecule has 160 valence electrons. The van der Waals surface area contributed by atoms with Crippen molar-refractivity contribution in [2.75, 3.05) is 46.9 Å². The van der Waals surface area contributed by atoms with Gasteiger partial charge in [0.2, 0.25) is 0 Å². The third kappa shape index (κ3) is 8.03. The topological polar surface area (TPSA) is 58.1 Å². The van der Waals surface area contributed by atoms with Crippen LogP contribution in [-0.4, -0.2) is 57.8 Å². The van der Waals surface area contributed by atoms with E-state index in [1.54, 1.807) is 14.2 Å². The average molecular weight is 504 g/mol. The van der Waals surface area contributed by atoms with Gasteiger partial charge in [0.25, 0.3) is 0 Å². The smallest absolute Gasteiger partial charge is 0.191 e. The molecule has 28 heavy (non-hydrogen) atoms. The van der Waals surface area contributed by atoms with Gasteiger partial charge in [-0.15, -0.1) is 24.0 Å². The maximum Gasteiger partial charge on any atom is 0.191 e. The summed E-state index contributed by atoms with van der Waals surface area (Å²) in [6, 6.07) is 5.93. The van der Waals surface area contributed by atoms with Crippen molar-refractivity contribution in [2.45, 2.75) is 39.7 Å². The maximum atomic E-state index is 5.37. The van der Waals surface area contributed by atoms with Gasteiger partial charge in [0.15, 0.2) is 17.5 Å². The summed E-state index contributed by atoms with van der Waals surface area (Å²) >= 11 is 0. The molecule has 0 saturated carbocycles. The van der Waals surface area contributed by atoms with Gasteiger partial charge in [-0.05, 0) is 69.4 Å². The maximum absolute atomic E-state index is 5.37. The Bertz CT molecular complexity index is 590. The van der Waals surface area contributed by atoms with Gasteiger partial charge in [-0.25, -0.2) is 4.99 Å². The largest absolute Gasteiger partial charge is 0.493 e. The van der Waals surface area contributed by atoms with E-state index in [0.29, 0.717) is 6.54 Å². The molecular formula is C21H37IN4O2. The summed E-state index contributed by atoms with van der Waals surface area (Å²) in [5, 5.41) is 6.82. The fourth-order valence-electron chi connectivity index (χ4n) is 3.48. The molecular weight excluding hydrogens is 467 g/mol. The van der Waals surface area contributed by atoms with E-state index in [-0.39, 0.29) is 24.0 Å². The van der Waals surface area contributed by atoms with Gasteiger partial charge in [-0.3, -0.25) is 0 Å². The first-order valence-electron chi connectivity index (χ1n) is 10.2. The van der Waals surface area contributed by atoms with Crippen LogP contribution >= 0.6 is 24.0 Å². The van der Waals surface area contributed by atoms with E-state index in [4.69, 9.17) is 14.5 Å². The minimum Gasteiger partial charge on any atom is -0.493 e. The molecule has 1 fully saturated rings. The van der Waals surface area contributed by atoms with Crippen LogP contribution in [0.1, 0.15) is 38.7 Å². The second-order valence-corrected chi connectivity index (χ2v) is 6.98. The normalized spacial score (nSPS) is 15.6. The van der Waals surface area contributed by atoms with Crippen LogP contribution in [0.15, 0.2) is 23.2 Å². The number of likely N-dealkylation sites (tertiary alicyclic amines) is 1. The standard InChI is InChI=1S/C21H36N4O2.HI/c1-5-22-21(23-12-9-17-10-13-25(6-2)14-11-17)24-16-18-7-8-19(26-3)20(15-18)27-4;/h7-8,15,17H,5-6,9-14,16H2,1-4H3,(H2,22,23,24);1H. The molecule has 0 spiro atoms. The van der Waals surface area contributed by atoms with Crippen LogP contribution in [0.2, 0.25) is 0 Å². The number of rotatable bonds is 9. The number of methoxy groups -OCH3 is 2. The fraction of sp³-hybridized carbons (Fsp3) is 0.667. The number of aliphatic imine (C=N–C) groups is 1. The second kappa shape index (κ2) is 13.9. The number of guanidine groups is 1. The molecule has 7 heteroatoms. The summed E-state index contributed by atoms with van der Waals surface area (Å²) in [5.41, 5.74) is 1.09. The number of nitrogens with one attached hydrogen (secondary N) is 2. The van der Waals surface area contributed by atoms with Gasteiger partial charge in [0, 0.05) is 13.1 Å². The number of hydrogen-bond acceptors (Lipinski definition) is 4. The van der Waals surface area contributed by atoms with Crippen LogP contribution in [0.4, 0.5) is 0 Å². The van der Waals surface area contributed by atoms with E-state index in [2.05, 4.69) is 29.4 Å². The van der Waals surface area contributed by atoms with Crippen LogP contribution in [0.3, 0.4) is 0 Å². The van der Waals surface area contributed by atoms with Crippen molar-refractivity contribution < 1.29 is 9.47 Å². The Balaban J connectivity index is 0.00000392. The quantitative estimate of drug-likeness (QED) is 0.306.